The minimum atomic E-state index is 0.0140. The summed E-state index contributed by atoms with van der Waals surface area (Å²) in [4.78, 5) is 30.7. The summed E-state index contributed by atoms with van der Waals surface area (Å²) >= 11 is 0. The second kappa shape index (κ2) is 10.2. The van der Waals surface area contributed by atoms with Crippen molar-refractivity contribution in [2.45, 2.75) is 78.9 Å². The summed E-state index contributed by atoms with van der Waals surface area (Å²) in [5.74, 6) is 1.10. The van der Waals surface area contributed by atoms with Gasteiger partial charge in [0.25, 0.3) is 0 Å². The fourth-order valence-electron chi connectivity index (χ4n) is 3.73. The fraction of sp³-hybridized carbons (Fsp3) is 0.591. The second-order valence-corrected chi connectivity index (χ2v) is 7.89. The highest BCUT2D eigenvalue weighted by Gasteiger charge is 2.22. The van der Waals surface area contributed by atoms with E-state index in [4.69, 9.17) is 4.98 Å². The van der Waals surface area contributed by atoms with Crippen LogP contribution in [0.15, 0.2) is 24.3 Å². The van der Waals surface area contributed by atoms with Gasteiger partial charge in [0, 0.05) is 32.0 Å². The van der Waals surface area contributed by atoms with Crippen LogP contribution in [0.3, 0.4) is 0 Å². The Morgan fingerprint density at radius 1 is 1.07 bits per heavy atom. The zero-order valence-corrected chi connectivity index (χ0v) is 17.9. The topological polar surface area (TPSA) is 67.2 Å². The van der Waals surface area contributed by atoms with E-state index in [1.807, 2.05) is 29.2 Å². The molecule has 2 amide bonds. The fourth-order valence-corrected chi connectivity index (χ4v) is 3.73. The molecule has 0 radical (unpaired) electrons. The molecule has 0 aliphatic rings. The molecule has 2 aromatic rings. The molecule has 0 fully saturated rings. The van der Waals surface area contributed by atoms with Crippen molar-refractivity contribution in [3.05, 3.63) is 30.1 Å². The monoisotopic (exact) mass is 386 g/mol. The molecule has 0 unspecified atom stereocenters. The number of aromatic nitrogens is 2. The summed E-state index contributed by atoms with van der Waals surface area (Å²) in [6.07, 6.45) is 3.77. The highest BCUT2D eigenvalue weighted by molar-refractivity contribution is 5.81. The molecule has 0 bridgehead atoms. The van der Waals surface area contributed by atoms with Crippen LogP contribution in [0.2, 0.25) is 0 Å². The van der Waals surface area contributed by atoms with Crippen LogP contribution in [0, 0.1) is 0 Å². The van der Waals surface area contributed by atoms with Gasteiger partial charge in [0.1, 0.15) is 12.4 Å². The lowest BCUT2D eigenvalue weighted by atomic mass is 10.2. The van der Waals surface area contributed by atoms with E-state index < -0.39 is 0 Å². The number of carbonyl (C=O) groups excluding carboxylic acids is 2. The van der Waals surface area contributed by atoms with Gasteiger partial charge in [0.05, 0.1) is 11.0 Å². The number of benzene rings is 1. The van der Waals surface area contributed by atoms with Gasteiger partial charge >= 0.3 is 0 Å². The van der Waals surface area contributed by atoms with Crippen molar-refractivity contribution >= 4 is 22.8 Å². The van der Waals surface area contributed by atoms with Crippen molar-refractivity contribution in [1.82, 2.24) is 19.8 Å². The first-order valence-electron chi connectivity index (χ1n) is 10.3. The number of carbonyl (C=O) groups is 2. The zero-order valence-electron chi connectivity index (χ0n) is 17.9. The van der Waals surface area contributed by atoms with Gasteiger partial charge in [-0.3, -0.25) is 9.59 Å². The maximum absolute atomic E-state index is 13.0. The quantitative estimate of drug-likeness (QED) is 0.635. The first kappa shape index (κ1) is 21.9. The number of unbranched alkanes of at least 4 members (excludes halogenated alkanes) is 2. The number of fused-ring (bicyclic) bond motifs is 1. The minimum Gasteiger partial charge on any atom is -0.356 e. The van der Waals surface area contributed by atoms with Gasteiger partial charge in [0.2, 0.25) is 11.8 Å². The number of imidazole rings is 1. The molecule has 1 heterocycles. The molecule has 1 aromatic carbocycles. The second-order valence-electron chi connectivity index (χ2n) is 7.89. The normalized spacial score (nSPS) is 11.4. The van der Waals surface area contributed by atoms with Crippen LogP contribution in [0.1, 0.15) is 59.7 Å². The van der Waals surface area contributed by atoms with E-state index in [1.54, 1.807) is 0 Å². The number of hydrogen-bond acceptors (Lipinski definition) is 3. The average Bonchev–Trinajstić information content (AvgIpc) is 2.94. The number of nitrogens with one attached hydrogen (secondary N) is 1. The van der Waals surface area contributed by atoms with Crippen LogP contribution < -0.4 is 5.32 Å². The predicted octanol–water partition coefficient (Wildman–Crippen LogP) is 3.53. The van der Waals surface area contributed by atoms with Gasteiger partial charge in [0.15, 0.2) is 0 Å². The predicted molar refractivity (Wildman–Crippen MR) is 113 cm³/mol. The molecule has 0 saturated heterocycles. The zero-order chi connectivity index (χ0) is 20.7. The Bertz CT molecular complexity index is 787. The highest BCUT2D eigenvalue weighted by atomic mass is 16.2. The summed E-state index contributed by atoms with van der Waals surface area (Å²) in [6.45, 7) is 10.8. The number of amides is 2. The lowest BCUT2D eigenvalue weighted by Gasteiger charge is -2.31. The van der Waals surface area contributed by atoms with Gasteiger partial charge in [-0.2, -0.15) is 0 Å². The van der Waals surface area contributed by atoms with E-state index in [-0.39, 0.29) is 23.9 Å². The summed E-state index contributed by atoms with van der Waals surface area (Å²) in [6, 6.07) is 8.33. The molecule has 6 heteroatoms. The van der Waals surface area contributed by atoms with E-state index in [9.17, 15) is 9.59 Å². The number of aryl methyl sites for hydroxylation is 1. The van der Waals surface area contributed by atoms with Crippen molar-refractivity contribution < 1.29 is 9.59 Å². The van der Waals surface area contributed by atoms with E-state index in [2.05, 4.69) is 37.6 Å². The van der Waals surface area contributed by atoms with Crippen LogP contribution in [-0.4, -0.2) is 44.9 Å². The maximum Gasteiger partial charge on any atom is 0.243 e. The number of para-hydroxylation sites is 2. The third-order valence-electron chi connectivity index (χ3n) is 4.88. The molecule has 0 aliphatic heterocycles. The van der Waals surface area contributed by atoms with Gasteiger partial charge in [-0.05, 0) is 52.7 Å². The Kier molecular flexibility index (Phi) is 8.03. The van der Waals surface area contributed by atoms with Gasteiger partial charge in [-0.15, -0.1) is 0 Å². The van der Waals surface area contributed by atoms with Crippen LogP contribution >= 0.6 is 0 Å². The standard InChI is InChI=1S/C22H34N4O2/c1-16(2)26(17(3)4)22(28)15-25-20-12-9-8-11-19(20)24-21(25)13-7-6-10-14-23-18(5)27/h8-9,11-12,16-17H,6-7,10,13-15H2,1-5H3,(H,23,27). The molecule has 0 atom stereocenters. The lowest BCUT2D eigenvalue weighted by Crippen LogP contribution is -2.43. The maximum atomic E-state index is 13.0. The third-order valence-corrected chi connectivity index (χ3v) is 4.88. The lowest BCUT2D eigenvalue weighted by molar-refractivity contribution is -0.135. The van der Waals surface area contributed by atoms with E-state index in [0.717, 1.165) is 42.5 Å². The van der Waals surface area contributed by atoms with Gasteiger partial charge in [-0.1, -0.05) is 18.6 Å². The molecule has 0 spiro atoms. The molecular formula is C22H34N4O2. The first-order chi connectivity index (χ1) is 13.3. The number of rotatable bonds is 10. The van der Waals surface area contributed by atoms with Crippen LogP contribution in [0.25, 0.3) is 11.0 Å². The molecule has 0 saturated carbocycles. The van der Waals surface area contributed by atoms with Crippen molar-refractivity contribution in [3.63, 3.8) is 0 Å². The van der Waals surface area contributed by atoms with Gasteiger partial charge < -0.3 is 14.8 Å². The molecule has 0 aliphatic carbocycles. The Hall–Kier alpha value is -2.37. The number of nitrogens with zero attached hydrogens (tertiary/aromatic N) is 3. The molecule has 6 nitrogen and oxygen atoms in total. The Labute approximate surface area is 168 Å². The molecular weight excluding hydrogens is 352 g/mol. The van der Waals surface area contributed by atoms with Crippen LogP contribution in [0.4, 0.5) is 0 Å². The Balaban J connectivity index is 2.11. The number of hydrogen-bond donors (Lipinski definition) is 1. The van der Waals surface area contributed by atoms with E-state index in [0.29, 0.717) is 13.1 Å². The smallest absolute Gasteiger partial charge is 0.243 e. The van der Waals surface area contributed by atoms with Gasteiger partial charge in [-0.25, -0.2) is 4.98 Å². The Morgan fingerprint density at radius 3 is 2.39 bits per heavy atom. The molecule has 2 rings (SSSR count). The molecule has 154 valence electrons. The minimum absolute atomic E-state index is 0.0140. The largest absolute Gasteiger partial charge is 0.356 e. The van der Waals surface area contributed by atoms with E-state index in [1.165, 1.54) is 6.92 Å². The Morgan fingerprint density at radius 2 is 1.75 bits per heavy atom. The molecule has 1 aromatic heterocycles. The summed E-state index contributed by atoms with van der Waals surface area (Å²) in [5, 5.41) is 2.83. The average molecular weight is 387 g/mol. The highest BCUT2D eigenvalue weighted by Crippen LogP contribution is 2.19. The van der Waals surface area contributed by atoms with Crippen molar-refractivity contribution in [2.75, 3.05) is 6.54 Å². The third kappa shape index (κ3) is 5.81. The molecule has 28 heavy (non-hydrogen) atoms. The summed E-state index contributed by atoms with van der Waals surface area (Å²) in [7, 11) is 0. The summed E-state index contributed by atoms with van der Waals surface area (Å²) < 4.78 is 2.07. The van der Waals surface area contributed by atoms with Crippen LogP contribution in [0.5, 0.6) is 0 Å². The van der Waals surface area contributed by atoms with Crippen molar-refractivity contribution in [3.8, 4) is 0 Å². The van der Waals surface area contributed by atoms with Crippen molar-refractivity contribution in [1.29, 1.82) is 0 Å². The van der Waals surface area contributed by atoms with Crippen molar-refractivity contribution in [2.24, 2.45) is 0 Å². The SMILES string of the molecule is CC(=O)NCCCCCc1nc2ccccc2n1CC(=O)N(C(C)C)C(C)C. The van der Waals surface area contributed by atoms with E-state index >= 15 is 0 Å². The molecule has 1 N–H and O–H groups in total. The summed E-state index contributed by atoms with van der Waals surface area (Å²) in [5.41, 5.74) is 1.95. The first-order valence-corrected chi connectivity index (χ1v) is 10.3. The van der Waals surface area contributed by atoms with Crippen LogP contribution in [-0.2, 0) is 22.6 Å².